The number of unbranched alkanes of at least 4 members (excludes halogenated alkanes) is 1. The highest BCUT2D eigenvalue weighted by Crippen LogP contribution is 2.41. The first-order valence-corrected chi connectivity index (χ1v) is 14.8. The predicted octanol–water partition coefficient (Wildman–Crippen LogP) is 5.19. The van der Waals surface area contributed by atoms with Crippen LogP contribution in [0.25, 0.3) is 10.4 Å². The molecule has 1 aliphatic rings. The molecule has 0 saturated carbocycles. The molecule has 2 aromatic carbocycles. The van der Waals surface area contributed by atoms with Crippen molar-refractivity contribution >= 4 is 11.8 Å². The number of rotatable bonds is 20. The summed E-state index contributed by atoms with van der Waals surface area (Å²) < 4.78 is 21.8. The molecule has 2 amide bonds. The van der Waals surface area contributed by atoms with Crippen molar-refractivity contribution in [1.29, 1.82) is 0 Å². The van der Waals surface area contributed by atoms with E-state index in [-0.39, 0.29) is 23.5 Å². The summed E-state index contributed by atoms with van der Waals surface area (Å²) in [7, 11) is 6.12. The Morgan fingerprint density at radius 2 is 1.64 bits per heavy atom. The Balaban J connectivity index is 1.61. The van der Waals surface area contributed by atoms with Crippen LogP contribution < -0.4 is 29.6 Å². The summed E-state index contributed by atoms with van der Waals surface area (Å²) in [5.74, 6) is 1.31. The maximum absolute atomic E-state index is 13.0. The lowest BCUT2D eigenvalue weighted by atomic mass is 9.88. The van der Waals surface area contributed by atoms with Gasteiger partial charge in [-0.3, -0.25) is 9.59 Å². The van der Waals surface area contributed by atoms with Crippen LogP contribution in [0.4, 0.5) is 0 Å². The first kappa shape index (κ1) is 34.8. The molecule has 0 spiro atoms. The van der Waals surface area contributed by atoms with Crippen molar-refractivity contribution in [3.63, 3.8) is 0 Å². The molecule has 2 atom stereocenters. The lowest BCUT2D eigenvalue weighted by Gasteiger charge is -2.22. The van der Waals surface area contributed by atoms with E-state index in [0.717, 1.165) is 11.1 Å². The molecule has 0 radical (unpaired) electrons. The third-order valence-corrected chi connectivity index (χ3v) is 7.66. The monoisotopic (exact) mass is 625 g/mol. The number of phenols is 1. The molecule has 0 fully saturated rings. The van der Waals surface area contributed by atoms with E-state index in [1.165, 1.54) is 14.2 Å². The quantitative estimate of drug-likeness (QED) is 0.0781. The van der Waals surface area contributed by atoms with E-state index >= 15 is 0 Å². The molecule has 1 aliphatic heterocycles. The van der Waals surface area contributed by atoms with E-state index in [4.69, 9.17) is 24.5 Å². The average Bonchev–Trinajstić information content (AvgIpc) is 3.78. The van der Waals surface area contributed by atoms with E-state index in [2.05, 4.69) is 30.9 Å². The molecule has 3 N–H and O–H groups in total. The van der Waals surface area contributed by atoms with E-state index in [1.54, 1.807) is 26.4 Å². The predicted molar refractivity (Wildman–Crippen MR) is 167 cm³/mol. The maximum atomic E-state index is 13.0. The van der Waals surface area contributed by atoms with Crippen LogP contribution in [0.15, 0.2) is 45.7 Å². The highest BCUT2D eigenvalue weighted by atomic mass is 16.5. The Labute approximate surface area is 263 Å². The van der Waals surface area contributed by atoms with Crippen molar-refractivity contribution in [2.24, 2.45) is 15.3 Å². The van der Waals surface area contributed by atoms with Crippen molar-refractivity contribution in [3.05, 3.63) is 51.9 Å². The molecule has 3 rings (SSSR count). The molecule has 14 heteroatoms. The van der Waals surface area contributed by atoms with Crippen LogP contribution in [0.3, 0.4) is 0 Å². The molecular formula is C31H43N7O7. The molecule has 45 heavy (non-hydrogen) atoms. The van der Waals surface area contributed by atoms with Crippen molar-refractivity contribution < 1.29 is 33.6 Å². The van der Waals surface area contributed by atoms with Gasteiger partial charge in [-0.25, -0.2) is 0 Å². The largest absolute Gasteiger partial charge is 0.504 e. The minimum atomic E-state index is -0.873. The standard InChI is InChI=1S/C31H43N7O7/c1-31(36-37-31)13-11-28(40)33-14-7-6-8-23(35-38-32)30(41)34-15-12-21(16-20-9-10-25(42-2)24(39)17-20)22-18-26(43-3)29(45-5)27(19-22)44-4/h9-10,17-19,21,23,39H,6-8,11-16H2,1-5H3,(H,33,40)(H,34,41). The normalized spacial score (nSPS) is 14.0. The van der Waals surface area contributed by atoms with Gasteiger partial charge in [-0.05, 0) is 79.4 Å². The molecule has 0 bridgehead atoms. The molecule has 0 aliphatic carbocycles. The average molecular weight is 626 g/mol. The van der Waals surface area contributed by atoms with Crippen LogP contribution in [-0.4, -0.2) is 70.2 Å². The second kappa shape index (κ2) is 17.0. The number of nitrogens with zero attached hydrogens (tertiary/aromatic N) is 5. The van der Waals surface area contributed by atoms with Crippen molar-refractivity contribution in [2.75, 3.05) is 41.5 Å². The second-order valence-corrected chi connectivity index (χ2v) is 10.9. The maximum Gasteiger partial charge on any atom is 0.229 e. The lowest BCUT2D eigenvalue weighted by molar-refractivity contribution is -0.123. The molecule has 1 heterocycles. The fraction of sp³-hybridized carbons (Fsp3) is 0.548. The van der Waals surface area contributed by atoms with Crippen LogP contribution >= 0.6 is 0 Å². The topological polar surface area (TPSA) is 189 Å². The highest BCUT2D eigenvalue weighted by molar-refractivity contribution is 5.81. The Morgan fingerprint density at radius 1 is 0.956 bits per heavy atom. The van der Waals surface area contributed by atoms with Crippen LogP contribution in [0, 0.1) is 0 Å². The smallest absolute Gasteiger partial charge is 0.229 e. The molecular weight excluding hydrogens is 582 g/mol. The van der Waals surface area contributed by atoms with Gasteiger partial charge in [0.15, 0.2) is 28.7 Å². The van der Waals surface area contributed by atoms with Gasteiger partial charge in [0.1, 0.15) is 6.04 Å². The summed E-state index contributed by atoms with van der Waals surface area (Å²) in [4.78, 5) is 27.9. The van der Waals surface area contributed by atoms with Crippen LogP contribution in [0.5, 0.6) is 28.7 Å². The number of phenolic OH excluding ortho intramolecular Hbond substituents is 1. The third-order valence-electron chi connectivity index (χ3n) is 7.66. The van der Waals surface area contributed by atoms with E-state index in [0.29, 0.717) is 81.0 Å². The Hall–Kier alpha value is -4.71. The van der Waals surface area contributed by atoms with Crippen LogP contribution in [0.2, 0.25) is 0 Å². The highest BCUT2D eigenvalue weighted by Gasteiger charge is 2.33. The van der Waals surface area contributed by atoms with E-state index in [9.17, 15) is 14.7 Å². The molecule has 0 aromatic heterocycles. The van der Waals surface area contributed by atoms with Gasteiger partial charge >= 0.3 is 0 Å². The summed E-state index contributed by atoms with van der Waals surface area (Å²) in [5.41, 5.74) is 10.4. The number of hydrogen-bond donors (Lipinski definition) is 3. The Kier molecular flexibility index (Phi) is 13.1. The summed E-state index contributed by atoms with van der Waals surface area (Å²) >= 11 is 0. The number of azide groups is 1. The van der Waals surface area contributed by atoms with Gasteiger partial charge in [0.2, 0.25) is 17.6 Å². The summed E-state index contributed by atoms with van der Waals surface area (Å²) in [6.45, 7) is 2.64. The number of amides is 2. The number of nitrogens with one attached hydrogen (secondary N) is 2. The number of aromatic hydroxyl groups is 1. The fourth-order valence-electron chi connectivity index (χ4n) is 4.98. The first-order valence-electron chi connectivity index (χ1n) is 14.8. The zero-order valence-electron chi connectivity index (χ0n) is 26.5. The van der Waals surface area contributed by atoms with Crippen LogP contribution in [-0.2, 0) is 16.0 Å². The van der Waals surface area contributed by atoms with Crippen molar-refractivity contribution in [3.8, 4) is 28.7 Å². The number of methoxy groups -OCH3 is 4. The third kappa shape index (κ3) is 10.5. The molecule has 2 aromatic rings. The van der Waals surface area contributed by atoms with Gasteiger partial charge in [-0.1, -0.05) is 17.6 Å². The summed E-state index contributed by atoms with van der Waals surface area (Å²) in [6, 6.07) is 8.10. The molecule has 244 valence electrons. The molecule has 14 nitrogen and oxygen atoms in total. The fourth-order valence-corrected chi connectivity index (χ4v) is 4.98. The van der Waals surface area contributed by atoms with Crippen LogP contribution in [0.1, 0.15) is 62.5 Å². The summed E-state index contributed by atoms with van der Waals surface area (Å²) in [6.07, 6.45) is 3.56. The number of benzene rings is 2. The van der Waals surface area contributed by atoms with E-state index in [1.807, 2.05) is 25.1 Å². The minimum absolute atomic E-state index is 0.0308. The van der Waals surface area contributed by atoms with Gasteiger partial charge in [-0.15, -0.1) is 0 Å². The van der Waals surface area contributed by atoms with Crippen molar-refractivity contribution in [1.82, 2.24) is 10.6 Å². The van der Waals surface area contributed by atoms with Gasteiger partial charge in [0.05, 0.1) is 28.4 Å². The van der Waals surface area contributed by atoms with Gasteiger partial charge < -0.3 is 34.7 Å². The number of carbonyl (C=O) groups excluding carboxylic acids is 2. The SMILES string of the molecule is COc1ccc(CC(CCNC(=O)C(CCCCNC(=O)CCC2(C)N=N2)N=[N+]=[N-])c2cc(OC)c(OC)c(OC)c2)cc1O. The Morgan fingerprint density at radius 3 is 2.22 bits per heavy atom. The van der Waals surface area contributed by atoms with Gasteiger partial charge in [0, 0.05) is 30.8 Å². The van der Waals surface area contributed by atoms with Gasteiger partial charge in [-0.2, -0.15) is 10.2 Å². The molecule has 2 unspecified atom stereocenters. The van der Waals surface area contributed by atoms with E-state index < -0.39 is 11.7 Å². The lowest BCUT2D eigenvalue weighted by Crippen LogP contribution is -2.34. The number of ether oxygens (including phenoxy) is 4. The minimum Gasteiger partial charge on any atom is -0.504 e. The zero-order valence-corrected chi connectivity index (χ0v) is 26.5. The van der Waals surface area contributed by atoms with Gasteiger partial charge in [0.25, 0.3) is 0 Å². The Bertz CT molecular complexity index is 1360. The number of carbonyl (C=O) groups is 2. The van der Waals surface area contributed by atoms with Crippen molar-refractivity contribution in [2.45, 2.75) is 69.5 Å². The molecule has 0 saturated heterocycles. The zero-order chi connectivity index (χ0) is 32.8. The second-order valence-electron chi connectivity index (χ2n) is 10.9. The summed E-state index contributed by atoms with van der Waals surface area (Å²) in [5, 5.41) is 27.6. The number of hydrogen-bond acceptors (Lipinski definition) is 10. The first-order chi connectivity index (χ1) is 21.7.